The third-order valence-corrected chi connectivity index (χ3v) is 4.86. The number of imidazole rings is 1. The van der Waals surface area contributed by atoms with Gasteiger partial charge in [-0.3, -0.25) is 0 Å². The summed E-state index contributed by atoms with van der Waals surface area (Å²) in [4.78, 5) is 15.6. The summed E-state index contributed by atoms with van der Waals surface area (Å²) in [6, 6.07) is 4.01. The summed E-state index contributed by atoms with van der Waals surface area (Å²) in [7, 11) is 0. The highest BCUT2D eigenvalue weighted by molar-refractivity contribution is 5.93. The number of fused-ring (bicyclic) bond motifs is 2. The van der Waals surface area contributed by atoms with Crippen molar-refractivity contribution in [3.05, 3.63) is 43.1 Å². The largest absolute Gasteiger partial charge is 0.368 e. The molecule has 0 radical (unpaired) electrons. The molecule has 3 N–H and O–H groups in total. The minimum atomic E-state index is 0.269. The lowest BCUT2D eigenvalue weighted by molar-refractivity contribution is 0.190. The first-order valence-electron chi connectivity index (χ1n) is 8.55. The predicted octanol–water partition coefficient (Wildman–Crippen LogP) is 4.05. The Labute approximate surface area is 146 Å². The molecule has 5 rings (SSSR count). The first-order chi connectivity index (χ1) is 12.0. The van der Waals surface area contributed by atoms with Gasteiger partial charge in [0.1, 0.15) is 11.3 Å². The molecule has 4 aromatic rings. The molecule has 4 aromatic heterocycles. The Kier molecular flexibility index (Phi) is 3.67. The van der Waals surface area contributed by atoms with Gasteiger partial charge < -0.3 is 15.1 Å². The van der Waals surface area contributed by atoms with Gasteiger partial charge in [-0.05, 0) is 30.4 Å². The van der Waals surface area contributed by atoms with Gasteiger partial charge in [0.25, 0.3) is 0 Å². The molecule has 0 spiro atoms. The number of aromatic nitrogens is 5. The second-order valence-corrected chi connectivity index (χ2v) is 7.32. The molecule has 25 heavy (non-hydrogen) atoms. The van der Waals surface area contributed by atoms with E-state index in [2.05, 4.69) is 33.8 Å². The van der Waals surface area contributed by atoms with Crippen molar-refractivity contribution in [3.8, 4) is 11.1 Å². The van der Waals surface area contributed by atoms with E-state index in [1.54, 1.807) is 12.4 Å². The van der Waals surface area contributed by atoms with Crippen LogP contribution >= 0.6 is 0 Å². The Balaban J connectivity index is 0.000000223. The maximum absolute atomic E-state index is 5.58. The first kappa shape index (κ1) is 15.6. The van der Waals surface area contributed by atoms with Crippen LogP contribution in [0.5, 0.6) is 0 Å². The quantitative estimate of drug-likeness (QED) is 0.550. The average molecular weight is 334 g/mol. The molecule has 6 nitrogen and oxygen atoms in total. The summed E-state index contributed by atoms with van der Waals surface area (Å²) >= 11 is 0. The minimum Gasteiger partial charge on any atom is -0.368 e. The molecule has 1 fully saturated rings. The standard InChI is InChI=1S/C13H10N6.C6H12/c14-13-17-6-10-9(5-16-12(10)18-13)8-1-2-11-15-3-4-19(11)7-8;1-6(2)4-3-5-6/h1-7H,(H3,14,16,17,18);3-5H2,1-2H3. The molecule has 0 aromatic carbocycles. The molecule has 4 heterocycles. The Morgan fingerprint density at radius 1 is 1.20 bits per heavy atom. The van der Waals surface area contributed by atoms with Crippen LogP contribution in [-0.4, -0.2) is 24.3 Å². The Bertz CT molecular complexity index is 1020. The smallest absolute Gasteiger partial charge is 0.221 e. The summed E-state index contributed by atoms with van der Waals surface area (Å²) in [5.74, 6) is 0.269. The highest BCUT2D eigenvalue weighted by atomic mass is 15.0. The van der Waals surface area contributed by atoms with Crippen molar-refractivity contribution in [1.82, 2.24) is 24.3 Å². The summed E-state index contributed by atoms with van der Waals surface area (Å²) < 4.78 is 1.98. The summed E-state index contributed by atoms with van der Waals surface area (Å²) in [5.41, 5.74) is 10.1. The second-order valence-electron chi connectivity index (χ2n) is 7.32. The zero-order valence-corrected chi connectivity index (χ0v) is 14.5. The van der Waals surface area contributed by atoms with Gasteiger partial charge in [0.15, 0.2) is 0 Å². The van der Waals surface area contributed by atoms with Gasteiger partial charge >= 0.3 is 0 Å². The lowest BCUT2D eigenvalue weighted by atomic mass is 9.72. The van der Waals surface area contributed by atoms with Crippen LogP contribution in [0.25, 0.3) is 27.8 Å². The van der Waals surface area contributed by atoms with Crippen LogP contribution in [0.3, 0.4) is 0 Å². The lowest BCUT2D eigenvalue weighted by Gasteiger charge is -2.33. The number of hydrogen-bond donors (Lipinski definition) is 2. The van der Waals surface area contributed by atoms with E-state index in [0.29, 0.717) is 0 Å². The SMILES string of the molecule is CC1(C)CCC1.Nc1ncc2c(-c3ccc4nccn4c3)c[nH]c2n1. The number of nitrogens with one attached hydrogen (secondary N) is 1. The number of nitrogen functional groups attached to an aromatic ring is 1. The topological polar surface area (TPSA) is 84.9 Å². The Hall–Kier alpha value is -2.89. The number of hydrogen-bond acceptors (Lipinski definition) is 4. The van der Waals surface area contributed by atoms with E-state index in [4.69, 9.17) is 5.73 Å². The monoisotopic (exact) mass is 334 g/mol. The maximum Gasteiger partial charge on any atom is 0.221 e. The fraction of sp³-hybridized carbons (Fsp3) is 0.316. The number of rotatable bonds is 1. The first-order valence-corrected chi connectivity index (χ1v) is 8.55. The van der Waals surface area contributed by atoms with E-state index in [9.17, 15) is 0 Å². The molecule has 1 aliphatic carbocycles. The number of H-pyrrole nitrogens is 1. The van der Waals surface area contributed by atoms with E-state index in [1.165, 1.54) is 19.3 Å². The molecular weight excluding hydrogens is 312 g/mol. The van der Waals surface area contributed by atoms with Gasteiger partial charge in [0.05, 0.1) is 0 Å². The fourth-order valence-electron chi connectivity index (χ4n) is 3.12. The van der Waals surface area contributed by atoms with Crippen molar-refractivity contribution in [2.24, 2.45) is 5.41 Å². The number of pyridine rings is 1. The average Bonchev–Trinajstić information content (AvgIpc) is 3.19. The van der Waals surface area contributed by atoms with Gasteiger partial charge in [-0.1, -0.05) is 20.3 Å². The van der Waals surface area contributed by atoms with Crippen LogP contribution < -0.4 is 5.73 Å². The number of aromatic amines is 1. The van der Waals surface area contributed by atoms with Gasteiger partial charge in [0.2, 0.25) is 5.95 Å². The third kappa shape index (κ3) is 3.07. The van der Waals surface area contributed by atoms with E-state index in [-0.39, 0.29) is 5.95 Å². The highest BCUT2D eigenvalue weighted by Crippen LogP contribution is 2.38. The Morgan fingerprint density at radius 3 is 2.72 bits per heavy atom. The van der Waals surface area contributed by atoms with Crippen LogP contribution in [0.1, 0.15) is 33.1 Å². The molecule has 0 unspecified atom stereocenters. The molecule has 1 aliphatic rings. The van der Waals surface area contributed by atoms with Gasteiger partial charge in [0, 0.05) is 47.5 Å². The van der Waals surface area contributed by atoms with Gasteiger partial charge in [-0.15, -0.1) is 0 Å². The van der Waals surface area contributed by atoms with E-state index in [1.807, 2.05) is 35.1 Å². The minimum absolute atomic E-state index is 0.269. The van der Waals surface area contributed by atoms with Gasteiger partial charge in [-0.2, -0.15) is 4.98 Å². The molecule has 128 valence electrons. The summed E-state index contributed by atoms with van der Waals surface area (Å²) in [5, 5.41) is 0.952. The zero-order chi connectivity index (χ0) is 17.4. The van der Waals surface area contributed by atoms with Crippen molar-refractivity contribution < 1.29 is 0 Å². The van der Waals surface area contributed by atoms with Crippen LogP contribution in [-0.2, 0) is 0 Å². The van der Waals surface area contributed by atoms with Crippen LogP contribution in [0, 0.1) is 5.41 Å². The summed E-state index contributed by atoms with van der Waals surface area (Å²) in [6.07, 6.45) is 13.7. The van der Waals surface area contributed by atoms with E-state index in [0.717, 1.165) is 33.2 Å². The van der Waals surface area contributed by atoms with Crippen molar-refractivity contribution in [1.29, 1.82) is 0 Å². The number of nitrogens with two attached hydrogens (primary N) is 1. The van der Waals surface area contributed by atoms with Crippen molar-refractivity contribution >= 4 is 22.6 Å². The molecule has 0 bridgehead atoms. The molecule has 0 atom stereocenters. The molecule has 6 heteroatoms. The van der Waals surface area contributed by atoms with Crippen molar-refractivity contribution in [2.45, 2.75) is 33.1 Å². The highest BCUT2D eigenvalue weighted by Gasteiger charge is 2.25. The third-order valence-electron chi connectivity index (χ3n) is 4.86. The normalized spacial score (nSPS) is 15.6. The predicted molar refractivity (Wildman–Crippen MR) is 100 cm³/mol. The molecule has 0 amide bonds. The van der Waals surface area contributed by atoms with Crippen LogP contribution in [0.15, 0.2) is 43.1 Å². The fourth-order valence-corrected chi connectivity index (χ4v) is 3.12. The van der Waals surface area contributed by atoms with Crippen molar-refractivity contribution in [3.63, 3.8) is 0 Å². The van der Waals surface area contributed by atoms with Crippen LogP contribution in [0.4, 0.5) is 5.95 Å². The van der Waals surface area contributed by atoms with E-state index < -0.39 is 0 Å². The maximum atomic E-state index is 5.58. The summed E-state index contributed by atoms with van der Waals surface area (Å²) in [6.45, 7) is 4.66. The number of anilines is 1. The molecule has 0 saturated heterocycles. The van der Waals surface area contributed by atoms with Crippen molar-refractivity contribution in [2.75, 3.05) is 5.73 Å². The van der Waals surface area contributed by atoms with Crippen LogP contribution in [0.2, 0.25) is 0 Å². The molecule has 1 saturated carbocycles. The molecular formula is C19H22N6. The molecule has 0 aliphatic heterocycles. The second kappa shape index (κ2) is 5.88. The zero-order valence-electron chi connectivity index (χ0n) is 14.5. The Morgan fingerprint density at radius 2 is 2.00 bits per heavy atom. The van der Waals surface area contributed by atoms with Gasteiger partial charge in [-0.25, -0.2) is 9.97 Å². The number of nitrogens with zero attached hydrogens (tertiary/aromatic N) is 4. The van der Waals surface area contributed by atoms with E-state index >= 15 is 0 Å². The lowest BCUT2D eigenvalue weighted by Crippen LogP contribution is -2.20.